The van der Waals surface area contributed by atoms with Gasteiger partial charge in [-0.25, -0.2) is 4.98 Å². The van der Waals surface area contributed by atoms with E-state index < -0.39 is 0 Å². The minimum Gasteiger partial charge on any atom is -0.347 e. The summed E-state index contributed by atoms with van der Waals surface area (Å²) in [5, 5.41) is 1.24. The molecule has 0 spiro atoms. The summed E-state index contributed by atoms with van der Waals surface area (Å²) in [5.74, 6) is 1.03. The Balaban J connectivity index is 3.14. The van der Waals surface area contributed by atoms with E-state index in [1.165, 1.54) is 11.0 Å². The number of aromatic nitrogens is 2. The van der Waals surface area contributed by atoms with E-state index in [9.17, 15) is 0 Å². The first-order chi connectivity index (χ1) is 3.70. The van der Waals surface area contributed by atoms with Crippen molar-refractivity contribution in [2.24, 2.45) is 0 Å². The van der Waals surface area contributed by atoms with Crippen LogP contribution in [0.3, 0.4) is 0 Å². The standard InChI is InChI=1S/C5H10N2Si/c1-3-5(8)7-4(2)6-3/h1-2,8H3,(H,6,7). The van der Waals surface area contributed by atoms with Crippen molar-refractivity contribution >= 4 is 15.6 Å². The highest BCUT2D eigenvalue weighted by Gasteiger charge is 1.93. The fraction of sp³-hybridized carbons (Fsp3) is 0.400. The van der Waals surface area contributed by atoms with Crippen LogP contribution < -0.4 is 5.32 Å². The molecule has 0 amide bonds. The van der Waals surface area contributed by atoms with Gasteiger partial charge in [-0.3, -0.25) is 0 Å². The van der Waals surface area contributed by atoms with Crippen molar-refractivity contribution in [3.63, 3.8) is 0 Å². The second-order valence-corrected chi connectivity index (χ2v) is 2.98. The second-order valence-electron chi connectivity index (χ2n) is 2.03. The molecule has 0 aliphatic carbocycles. The maximum absolute atomic E-state index is 4.22. The lowest BCUT2D eigenvalue weighted by Crippen LogP contribution is -2.05. The van der Waals surface area contributed by atoms with Crippen LogP contribution in [0.25, 0.3) is 0 Å². The predicted octanol–water partition coefficient (Wildman–Crippen LogP) is -0.983. The molecule has 0 fully saturated rings. The third-order valence-corrected chi connectivity index (χ3v) is 2.22. The Labute approximate surface area is 51.8 Å². The quantitative estimate of drug-likeness (QED) is 0.445. The van der Waals surface area contributed by atoms with E-state index in [2.05, 4.69) is 16.9 Å². The summed E-state index contributed by atoms with van der Waals surface area (Å²) in [4.78, 5) is 7.35. The molecule has 1 heterocycles. The van der Waals surface area contributed by atoms with Crippen LogP contribution in [0.1, 0.15) is 11.5 Å². The van der Waals surface area contributed by atoms with Crippen LogP contribution in [-0.4, -0.2) is 20.2 Å². The highest BCUT2D eigenvalue weighted by atomic mass is 28.1. The monoisotopic (exact) mass is 126 g/mol. The maximum Gasteiger partial charge on any atom is 0.102 e. The number of aryl methyl sites for hydroxylation is 2. The van der Waals surface area contributed by atoms with Crippen LogP contribution in [0.5, 0.6) is 0 Å². The molecule has 0 aromatic carbocycles. The second kappa shape index (κ2) is 1.74. The molecule has 1 aromatic heterocycles. The summed E-state index contributed by atoms with van der Waals surface area (Å²) in [6.45, 7) is 4.04. The third kappa shape index (κ3) is 0.814. The fourth-order valence-corrected chi connectivity index (χ4v) is 1.19. The summed E-state index contributed by atoms with van der Waals surface area (Å²) in [6.07, 6.45) is 0. The van der Waals surface area contributed by atoms with Crippen molar-refractivity contribution in [1.29, 1.82) is 0 Å². The van der Waals surface area contributed by atoms with Gasteiger partial charge in [-0.15, -0.1) is 0 Å². The van der Waals surface area contributed by atoms with Gasteiger partial charge in [-0.05, 0) is 13.8 Å². The van der Waals surface area contributed by atoms with Gasteiger partial charge in [0.15, 0.2) is 0 Å². The summed E-state index contributed by atoms with van der Waals surface area (Å²) in [5.41, 5.74) is 1.23. The van der Waals surface area contributed by atoms with E-state index in [-0.39, 0.29) is 0 Å². The van der Waals surface area contributed by atoms with Crippen molar-refractivity contribution in [3.8, 4) is 0 Å². The molecule has 3 heteroatoms. The van der Waals surface area contributed by atoms with E-state index >= 15 is 0 Å². The number of nitrogens with one attached hydrogen (secondary N) is 1. The summed E-state index contributed by atoms with van der Waals surface area (Å²) < 4.78 is 0. The van der Waals surface area contributed by atoms with E-state index in [0.29, 0.717) is 0 Å². The van der Waals surface area contributed by atoms with Crippen molar-refractivity contribution in [1.82, 2.24) is 9.97 Å². The number of nitrogens with zero attached hydrogens (tertiary/aromatic N) is 1. The van der Waals surface area contributed by atoms with Crippen molar-refractivity contribution in [2.45, 2.75) is 13.8 Å². The molecule has 0 aliphatic rings. The SMILES string of the molecule is Cc1nc([SiH3])c(C)[nH]1. The molecule has 0 radical (unpaired) electrons. The molecule has 0 aliphatic heterocycles. The molecule has 1 rings (SSSR count). The fourth-order valence-electron chi connectivity index (χ4n) is 0.725. The molecule has 0 unspecified atom stereocenters. The molecular weight excluding hydrogens is 116 g/mol. The molecular formula is C5H10N2Si. The van der Waals surface area contributed by atoms with Gasteiger partial charge in [-0.1, -0.05) is 0 Å². The van der Waals surface area contributed by atoms with Crippen molar-refractivity contribution in [2.75, 3.05) is 0 Å². The lowest BCUT2D eigenvalue weighted by atomic mass is 10.6. The van der Waals surface area contributed by atoms with Crippen LogP contribution >= 0.6 is 0 Å². The average Bonchev–Trinajstić information content (AvgIpc) is 1.85. The molecule has 0 bridgehead atoms. The van der Waals surface area contributed by atoms with E-state index in [4.69, 9.17) is 0 Å². The van der Waals surface area contributed by atoms with Crippen molar-refractivity contribution in [3.05, 3.63) is 11.5 Å². The molecule has 44 valence electrons. The van der Waals surface area contributed by atoms with Crippen LogP contribution in [0.4, 0.5) is 0 Å². The summed E-state index contributed by atoms with van der Waals surface area (Å²) >= 11 is 0. The van der Waals surface area contributed by atoms with Crippen LogP contribution in [0.15, 0.2) is 0 Å². The normalized spacial score (nSPS) is 10.2. The topological polar surface area (TPSA) is 28.7 Å². The van der Waals surface area contributed by atoms with Crippen LogP contribution in [0.2, 0.25) is 0 Å². The number of H-pyrrole nitrogens is 1. The number of hydrogen-bond donors (Lipinski definition) is 1. The van der Waals surface area contributed by atoms with Gasteiger partial charge in [0.1, 0.15) is 5.82 Å². The largest absolute Gasteiger partial charge is 0.347 e. The van der Waals surface area contributed by atoms with Gasteiger partial charge >= 0.3 is 0 Å². The summed E-state index contributed by atoms with van der Waals surface area (Å²) in [7, 11) is 1.05. The first kappa shape index (κ1) is 5.56. The minimum atomic E-state index is 1.03. The Morgan fingerprint density at radius 3 is 2.25 bits per heavy atom. The highest BCUT2D eigenvalue weighted by molar-refractivity contribution is 6.31. The van der Waals surface area contributed by atoms with Gasteiger partial charge in [0.25, 0.3) is 0 Å². The Bertz CT molecular complexity index is 173. The highest BCUT2D eigenvalue weighted by Crippen LogP contribution is 1.86. The van der Waals surface area contributed by atoms with Crippen LogP contribution in [0, 0.1) is 13.8 Å². The number of aromatic amines is 1. The zero-order valence-corrected chi connectivity index (χ0v) is 7.45. The number of hydrogen-bond acceptors (Lipinski definition) is 1. The zero-order valence-electron chi connectivity index (χ0n) is 5.45. The molecule has 8 heavy (non-hydrogen) atoms. The van der Waals surface area contributed by atoms with Gasteiger partial charge < -0.3 is 4.98 Å². The Hall–Kier alpha value is -0.573. The van der Waals surface area contributed by atoms with Crippen molar-refractivity contribution < 1.29 is 0 Å². The Morgan fingerprint density at radius 2 is 2.12 bits per heavy atom. The maximum atomic E-state index is 4.22. The van der Waals surface area contributed by atoms with Gasteiger partial charge in [0, 0.05) is 11.0 Å². The molecule has 1 N–H and O–H groups in total. The molecule has 0 saturated heterocycles. The molecule has 0 saturated carbocycles. The first-order valence-electron chi connectivity index (χ1n) is 2.70. The van der Waals surface area contributed by atoms with Gasteiger partial charge in [0.2, 0.25) is 0 Å². The lowest BCUT2D eigenvalue weighted by molar-refractivity contribution is 1.13. The van der Waals surface area contributed by atoms with Gasteiger partial charge in [-0.2, -0.15) is 0 Å². The first-order valence-corrected chi connectivity index (χ1v) is 3.70. The Kier molecular flexibility index (Phi) is 1.21. The predicted molar refractivity (Wildman–Crippen MR) is 37.6 cm³/mol. The number of imidazole rings is 1. The van der Waals surface area contributed by atoms with E-state index in [1.807, 2.05) is 6.92 Å². The van der Waals surface area contributed by atoms with E-state index in [0.717, 1.165) is 16.1 Å². The molecule has 1 aromatic rings. The van der Waals surface area contributed by atoms with E-state index in [1.54, 1.807) is 0 Å². The van der Waals surface area contributed by atoms with Crippen LogP contribution in [-0.2, 0) is 0 Å². The van der Waals surface area contributed by atoms with Gasteiger partial charge in [0.05, 0.1) is 10.2 Å². The average molecular weight is 126 g/mol. The smallest absolute Gasteiger partial charge is 0.102 e. The molecule has 0 atom stereocenters. The minimum absolute atomic E-state index is 1.03. The Morgan fingerprint density at radius 1 is 1.50 bits per heavy atom. The molecule has 2 nitrogen and oxygen atoms in total. The zero-order chi connectivity index (χ0) is 6.15. The third-order valence-electron chi connectivity index (χ3n) is 1.25. The summed E-state index contributed by atoms with van der Waals surface area (Å²) in [6, 6.07) is 0. The number of rotatable bonds is 0. The lowest BCUT2D eigenvalue weighted by Gasteiger charge is -1.79.